The van der Waals surface area contributed by atoms with Gasteiger partial charge < -0.3 is 9.47 Å². The van der Waals surface area contributed by atoms with Crippen molar-refractivity contribution in [2.45, 2.75) is 31.3 Å². The summed E-state index contributed by atoms with van der Waals surface area (Å²) in [6.07, 6.45) is 6.27. The first-order valence-corrected chi connectivity index (χ1v) is 12.1. The molecule has 0 amide bonds. The second-order valence-electron chi connectivity index (χ2n) is 8.52. The molecule has 4 aromatic rings. The van der Waals surface area contributed by atoms with Crippen LogP contribution in [-0.4, -0.2) is 40.3 Å². The third kappa shape index (κ3) is 3.33. The number of aromatic nitrogens is 4. The van der Waals surface area contributed by atoms with Crippen LogP contribution in [0.3, 0.4) is 0 Å². The molecule has 0 unspecified atom stereocenters. The molecule has 4 heterocycles. The van der Waals surface area contributed by atoms with Crippen molar-refractivity contribution in [3.8, 4) is 11.1 Å². The van der Waals surface area contributed by atoms with Crippen molar-refractivity contribution < 1.29 is 8.42 Å². The summed E-state index contributed by atoms with van der Waals surface area (Å²) >= 11 is 0. The molecule has 32 heavy (non-hydrogen) atoms. The topological polar surface area (TPSA) is 85.0 Å². The predicted molar refractivity (Wildman–Crippen MR) is 126 cm³/mol. The molecule has 0 aliphatic carbocycles. The van der Waals surface area contributed by atoms with E-state index in [0.717, 1.165) is 29.5 Å². The molecule has 1 N–H and O–H groups in total. The molecule has 0 spiro atoms. The van der Waals surface area contributed by atoms with Gasteiger partial charge in [0.15, 0.2) is 5.03 Å². The van der Waals surface area contributed by atoms with Gasteiger partial charge in [0.25, 0.3) is 10.0 Å². The Morgan fingerprint density at radius 3 is 2.66 bits per heavy atom. The minimum atomic E-state index is -3.83. The van der Waals surface area contributed by atoms with Crippen molar-refractivity contribution in [2.75, 3.05) is 16.2 Å². The molecule has 0 saturated heterocycles. The number of benzene rings is 1. The number of hydrogen-bond acceptors (Lipinski definition) is 5. The van der Waals surface area contributed by atoms with E-state index in [0.29, 0.717) is 17.4 Å². The van der Waals surface area contributed by atoms with E-state index in [1.807, 2.05) is 17.8 Å². The quantitative estimate of drug-likeness (QED) is 0.503. The summed E-state index contributed by atoms with van der Waals surface area (Å²) in [5.41, 5.74) is 5.76. The summed E-state index contributed by atoms with van der Waals surface area (Å²) in [5.74, 6) is 0. The van der Waals surface area contributed by atoms with E-state index in [2.05, 4.69) is 51.8 Å². The number of rotatable bonds is 5. The highest BCUT2D eigenvalue weighted by Gasteiger charge is 2.24. The summed E-state index contributed by atoms with van der Waals surface area (Å²) in [4.78, 5) is 6.92. The molecule has 0 radical (unpaired) electrons. The molecular weight excluding hydrogens is 424 g/mol. The van der Waals surface area contributed by atoms with Crippen LogP contribution in [0.25, 0.3) is 22.2 Å². The Morgan fingerprint density at radius 1 is 1.12 bits per heavy atom. The van der Waals surface area contributed by atoms with Crippen LogP contribution in [0.4, 0.5) is 11.4 Å². The molecule has 0 atom stereocenters. The Balaban J connectivity index is 1.64. The summed E-state index contributed by atoms with van der Waals surface area (Å²) in [6.45, 7) is 5.42. The van der Waals surface area contributed by atoms with Crippen molar-refractivity contribution >= 4 is 32.4 Å². The highest BCUT2D eigenvalue weighted by Crippen LogP contribution is 2.39. The fourth-order valence-corrected chi connectivity index (χ4v) is 5.49. The minimum absolute atomic E-state index is 0.0208. The molecule has 8 nitrogen and oxygen atoms in total. The van der Waals surface area contributed by atoms with Gasteiger partial charge >= 0.3 is 0 Å². The number of nitrogens with one attached hydrogen (secondary N) is 1. The third-order valence-corrected chi connectivity index (χ3v) is 7.27. The van der Waals surface area contributed by atoms with Crippen molar-refractivity contribution in [2.24, 2.45) is 14.1 Å². The van der Waals surface area contributed by atoms with Crippen molar-refractivity contribution in [3.05, 3.63) is 54.5 Å². The van der Waals surface area contributed by atoms with E-state index in [4.69, 9.17) is 0 Å². The zero-order valence-electron chi connectivity index (χ0n) is 18.6. The molecule has 0 saturated carbocycles. The van der Waals surface area contributed by atoms with Gasteiger partial charge in [0.1, 0.15) is 5.65 Å². The van der Waals surface area contributed by atoms with E-state index in [9.17, 15) is 8.42 Å². The predicted octanol–water partition coefficient (Wildman–Crippen LogP) is 3.55. The van der Waals surface area contributed by atoms with E-state index in [1.165, 1.54) is 22.0 Å². The van der Waals surface area contributed by atoms with Gasteiger partial charge in [-0.15, -0.1) is 0 Å². The second-order valence-corrected chi connectivity index (χ2v) is 10.2. The van der Waals surface area contributed by atoms with Crippen LogP contribution in [0.5, 0.6) is 0 Å². The number of anilines is 2. The zero-order valence-corrected chi connectivity index (χ0v) is 19.4. The molecule has 1 aliphatic heterocycles. The van der Waals surface area contributed by atoms with Gasteiger partial charge in [-0.2, -0.15) is 13.5 Å². The lowest BCUT2D eigenvalue weighted by atomic mass is 10.0. The molecule has 0 bridgehead atoms. The number of aryl methyl sites for hydroxylation is 2. The molecule has 5 rings (SSSR count). The molecule has 1 aromatic carbocycles. The number of nitrogens with zero attached hydrogens (tertiary/aromatic N) is 5. The van der Waals surface area contributed by atoms with Gasteiger partial charge in [-0.05, 0) is 49.6 Å². The standard InChI is InChI=1S/C23H26N6O2S/c1-15(2)29-12-8-16-5-6-17(13-20(16)29)18-14-27(3)23-22(18)19(7-10-24-23)26-32(30,31)21-9-11-28(4)25-21/h5-7,9-11,13-15H,8,12H2,1-4H3,(H,24,26). The molecule has 0 fully saturated rings. The Labute approximate surface area is 187 Å². The maximum atomic E-state index is 13.0. The number of pyridine rings is 1. The van der Waals surface area contributed by atoms with Crippen LogP contribution in [0, 0.1) is 0 Å². The Kier molecular flexibility index (Phi) is 4.74. The summed E-state index contributed by atoms with van der Waals surface area (Å²) < 4.78 is 32.0. The summed E-state index contributed by atoms with van der Waals surface area (Å²) in [6, 6.07) is 10.1. The highest BCUT2D eigenvalue weighted by molar-refractivity contribution is 7.92. The fourth-order valence-electron chi connectivity index (χ4n) is 4.45. The van der Waals surface area contributed by atoms with Gasteiger partial charge in [0, 0.05) is 56.5 Å². The highest BCUT2D eigenvalue weighted by atomic mass is 32.2. The van der Waals surface area contributed by atoms with Crippen molar-refractivity contribution in [3.63, 3.8) is 0 Å². The first-order chi connectivity index (χ1) is 15.2. The minimum Gasteiger partial charge on any atom is -0.369 e. The normalized spacial score (nSPS) is 13.8. The van der Waals surface area contributed by atoms with E-state index in [1.54, 1.807) is 25.5 Å². The van der Waals surface area contributed by atoms with Crippen molar-refractivity contribution in [1.29, 1.82) is 0 Å². The Hall–Kier alpha value is -3.33. The lowest BCUT2D eigenvalue weighted by molar-refractivity contribution is 0.593. The van der Waals surface area contributed by atoms with Crippen LogP contribution < -0.4 is 9.62 Å². The molecular formula is C23H26N6O2S. The maximum absolute atomic E-state index is 13.0. The summed E-state index contributed by atoms with van der Waals surface area (Å²) in [7, 11) is -0.222. The third-order valence-electron chi connectivity index (χ3n) is 6.02. The average Bonchev–Trinajstić information content (AvgIpc) is 3.45. The Bertz CT molecular complexity index is 1430. The van der Waals surface area contributed by atoms with Gasteiger partial charge in [0.2, 0.25) is 0 Å². The smallest absolute Gasteiger partial charge is 0.281 e. The second kappa shape index (κ2) is 7.37. The van der Waals surface area contributed by atoms with Crippen LogP contribution in [0.1, 0.15) is 19.4 Å². The van der Waals surface area contributed by atoms with Gasteiger partial charge in [0.05, 0.1) is 11.1 Å². The number of sulfonamides is 1. The lowest BCUT2D eigenvalue weighted by Gasteiger charge is -2.24. The van der Waals surface area contributed by atoms with Crippen LogP contribution in [0.15, 0.2) is 53.9 Å². The number of hydrogen-bond donors (Lipinski definition) is 1. The number of fused-ring (bicyclic) bond motifs is 2. The van der Waals surface area contributed by atoms with E-state index >= 15 is 0 Å². The Morgan fingerprint density at radius 2 is 1.94 bits per heavy atom. The van der Waals surface area contributed by atoms with Crippen LogP contribution in [0.2, 0.25) is 0 Å². The van der Waals surface area contributed by atoms with E-state index in [-0.39, 0.29) is 5.03 Å². The first kappa shape index (κ1) is 20.6. The van der Waals surface area contributed by atoms with Gasteiger partial charge in [-0.25, -0.2) is 4.98 Å². The fraction of sp³-hybridized carbons (Fsp3) is 0.304. The molecule has 9 heteroatoms. The van der Waals surface area contributed by atoms with Gasteiger partial charge in [-0.3, -0.25) is 9.40 Å². The van der Waals surface area contributed by atoms with Gasteiger partial charge in [-0.1, -0.05) is 12.1 Å². The van der Waals surface area contributed by atoms with Crippen molar-refractivity contribution in [1.82, 2.24) is 19.3 Å². The van der Waals surface area contributed by atoms with Crippen LogP contribution in [-0.2, 0) is 30.5 Å². The zero-order chi connectivity index (χ0) is 22.6. The lowest BCUT2D eigenvalue weighted by Crippen LogP contribution is -2.28. The van der Waals surface area contributed by atoms with Crippen LogP contribution >= 0.6 is 0 Å². The SMILES string of the molecule is CC(C)N1CCc2ccc(-c3cn(C)c4nccc(NS(=O)(=O)c5ccn(C)n5)c34)cc21. The molecule has 166 valence electrons. The first-order valence-electron chi connectivity index (χ1n) is 10.6. The van der Waals surface area contributed by atoms with E-state index < -0.39 is 10.0 Å². The molecule has 1 aliphatic rings. The largest absolute Gasteiger partial charge is 0.369 e. The molecule has 3 aromatic heterocycles. The monoisotopic (exact) mass is 450 g/mol. The summed E-state index contributed by atoms with van der Waals surface area (Å²) in [5, 5.41) is 4.79. The maximum Gasteiger partial charge on any atom is 0.281 e. The average molecular weight is 451 g/mol.